The predicted molar refractivity (Wildman–Crippen MR) is 103 cm³/mol. The van der Waals surface area contributed by atoms with Crippen LogP contribution in [0.2, 0.25) is 5.02 Å². The number of thiazole rings is 1. The Kier molecular flexibility index (Phi) is 2.95. The molecule has 2 heterocycles. The summed E-state index contributed by atoms with van der Waals surface area (Å²) < 4.78 is 3.65. The summed E-state index contributed by atoms with van der Waals surface area (Å²) in [6.45, 7) is 0. The molecule has 4 heteroatoms. The zero-order valence-electron chi connectivity index (χ0n) is 11.9. The van der Waals surface area contributed by atoms with Crippen LogP contribution in [0.15, 0.2) is 60.7 Å². The Labute approximate surface area is 145 Å². The van der Waals surface area contributed by atoms with Gasteiger partial charge in [0.05, 0.1) is 19.9 Å². The Morgan fingerprint density at radius 1 is 0.826 bits per heavy atom. The van der Waals surface area contributed by atoms with E-state index in [0.717, 1.165) is 25.8 Å². The molecule has 0 unspecified atom stereocenters. The molecule has 0 saturated carbocycles. The van der Waals surface area contributed by atoms with Gasteiger partial charge in [-0.25, -0.2) is 4.98 Å². The van der Waals surface area contributed by atoms with Crippen molar-refractivity contribution < 1.29 is 0 Å². The van der Waals surface area contributed by atoms with Gasteiger partial charge in [-0.2, -0.15) is 0 Å². The summed E-state index contributed by atoms with van der Waals surface area (Å²) in [7, 11) is 0. The fourth-order valence-corrected chi connectivity index (χ4v) is 5.55. The van der Waals surface area contributed by atoms with Crippen LogP contribution >= 0.6 is 34.3 Å². The van der Waals surface area contributed by atoms with Crippen molar-refractivity contribution in [3.63, 3.8) is 0 Å². The standard InChI is InChI=1S/C19H10ClNS2/c20-13-10-14-18(23-19(21-14)11-6-2-1-3-7-11)16-12-8-4-5-9-15(12)22-17(13)16/h1-10H. The minimum atomic E-state index is 0.790. The van der Waals surface area contributed by atoms with Crippen LogP contribution in [0.1, 0.15) is 0 Å². The minimum Gasteiger partial charge on any atom is -0.236 e. The maximum absolute atomic E-state index is 6.54. The first kappa shape index (κ1) is 13.5. The SMILES string of the molecule is Clc1cc2nc(-c3ccccc3)sc2c2c1sc1ccccc12. The van der Waals surface area contributed by atoms with Gasteiger partial charge >= 0.3 is 0 Å². The molecule has 0 atom stereocenters. The largest absolute Gasteiger partial charge is 0.236 e. The lowest BCUT2D eigenvalue weighted by atomic mass is 10.1. The van der Waals surface area contributed by atoms with Crippen LogP contribution in [0.3, 0.4) is 0 Å². The Bertz CT molecular complexity index is 1170. The highest BCUT2D eigenvalue weighted by Crippen LogP contribution is 2.45. The normalized spacial score (nSPS) is 11.7. The quantitative estimate of drug-likeness (QED) is 0.317. The highest BCUT2D eigenvalue weighted by atomic mass is 35.5. The van der Waals surface area contributed by atoms with E-state index < -0.39 is 0 Å². The zero-order chi connectivity index (χ0) is 15.4. The van der Waals surface area contributed by atoms with E-state index in [0.29, 0.717) is 0 Å². The highest BCUT2D eigenvalue weighted by Gasteiger charge is 2.16. The van der Waals surface area contributed by atoms with Crippen LogP contribution in [0, 0.1) is 0 Å². The molecule has 0 fully saturated rings. The summed E-state index contributed by atoms with van der Waals surface area (Å²) in [5.41, 5.74) is 2.13. The number of halogens is 1. The first-order chi connectivity index (χ1) is 11.3. The van der Waals surface area contributed by atoms with Crippen molar-refractivity contribution in [3.8, 4) is 10.6 Å². The molecule has 1 nitrogen and oxygen atoms in total. The number of thiophene rings is 1. The minimum absolute atomic E-state index is 0.790. The van der Waals surface area contributed by atoms with Gasteiger partial charge in [0.15, 0.2) is 0 Å². The van der Waals surface area contributed by atoms with E-state index in [1.807, 2.05) is 24.3 Å². The predicted octanol–water partition coefficient (Wildman–Crippen LogP) is 6.98. The maximum atomic E-state index is 6.54. The second-order valence-corrected chi connectivity index (χ2v) is 7.85. The van der Waals surface area contributed by atoms with Gasteiger partial charge in [0, 0.05) is 21.0 Å². The fourth-order valence-electron chi connectivity index (χ4n) is 2.94. The summed E-state index contributed by atoms with van der Waals surface area (Å²) >= 11 is 10.0. The molecule has 0 aliphatic heterocycles. The molecule has 0 bridgehead atoms. The molecule has 0 saturated heterocycles. The molecular formula is C19H10ClNS2. The smallest absolute Gasteiger partial charge is 0.124 e. The summed E-state index contributed by atoms with van der Waals surface area (Å²) in [4.78, 5) is 4.82. The Morgan fingerprint density at radius 2 is 1.61 bits per heavy atom. The monoisotopic (exact) mass is 351 g/mol. The summed E-state index contributed by atoms with van der Waals surface area (Å²) in [6, 6.07) is 20.8. The molecule has 3 aromatic carbocycles. The van der Waals surface area contributed by atoms with Crippen LogP contribution < -0.4 is 0 Å². The van der Waals surface area contributed by atoms with E-state index in [1.165, 1.54) is 20.2 Å². The van der Waals surface area contributed by atoms with Gasteiger partial charge in [0.25, 0.3) is 0 Å². The third kappa shape index (κ3) is 2.01. The molecule has 0 radical (unpaired) electrons. The highest BCUT2D eigenvalue weighted by molar-refractivity contribution is 7.28. The molecule has 110 valence electrons. The lowest BCUT2D eigenvalue weighted by Crippen LogP contribution is -1.74. The van der Waals surface area contributed by atoms with Gasteiger partial charge in [-0.1, -0.05) is 60.1 Å². The molecule has 0 aliphatic rings. The topological polar surface area (TPSA) is 12.9 Å². The Balaban J connectivity index is 1.94. The van der Waals surface area contributed by atoms with Crippen LogP contribution in [0.4, 0.5) is 0 Å². The van der Waals surface area contributed by atoms with Gasteiger partial charge in [-0.3, -0.25) is 0 Å². The van der Waals surface area contributed by atoms with E-state index in [4.69, 9.17) is 16.6 Å². The van der Waals surface area contributed by atoms with Crippen molar-refractivity contribution in [2.75, 3.05) is 0 Å². The molecule has 5 rings (SSSR count). The van der Waals surface area contributed by atoms with E-state index in [-0.39, 0.29) is 0 Å². The van der Waals surface area contributed by atoms with Crippen LogP contribution in [0.5, 0.6) is 0 Å². The van der Waals surface area contributed by atoms with Crippen molar-refractivity contribution in [3.05, 3.63) is 65.7 Å². The molecule has 23 heavy (non-hydrogen) atoms. The molecule has 0 amide bonds. The zero-order valence-corrected chi connectivity index (χ0v) is 14.3. The number of aromatic nitrogens is 1. The first-order valence-electron chi connectivity index (χ1n) is 7.27. The van der Waals surface area contributed by atoms with Gasteiger partial charge in [-0.15, -0.1) is 22.7 Å². The Morgan fingerprint density at radius 3 is 2.48 bits per heavy atom. The number of benzene rings is 3. The lowest BCUT2D eigenvalue weighted by molar-refractivity contribution is 1.48. The van der Waals surface area contributed by atoms with Crippen molar-refractivity contribution in [1.82, 2.24) is 4.98 Å². The average molecular weight is 352 g/mol. The lowest BCUT2D eigenvalue weighted by Gasteiger charge is -1.95. The molecule has 0 spiro atoms. The average Bonchev–Trinajstić information content (AvgIpc) is 3.17. The van der Waals surface area contributed by atoms with Crippen LogP contribution in [-0.4, -0.2) is 4.98 Å². The fraction of sp³-hybridized carbons (Fsp3) is 0. The van der Waals surface area contributed by atoms with Crippen molar-refractivity contribution >= 4 is 64.7 Å². The van der Waals surface area contributed by atoms with Crippen molar-refractivity contribution in [2.24, 2.45) is 0 Å². The van der Waals surface area contributed by atoms with Gasteiger partial charge in [-0.05, 0) is 12.1 Å². The summed E-state index contributed by atoms with van der Waals surface area (Å²) in [5.74, 6) is 0. The molecule has 0 aliphatic carbocycles. The van der Waals surface area contributed by atoms with Gasteiger partial charge in [0.2, 0.25) is 0 Å². The van der Waals surface area contributed by atoms with Crippen molar-refractivity contribution in [2.45, 2.75) is 0 Å². The Hall–Kier alpha value is -1.94. The second kappa shape index (κ2) is 5.03. The number of hydrogen-bond acceptors (Lipinski definition) is 3. The molecule has 2 aromatic heterocycles. The third-order valence-electron chi connectivity index (χ3n) is 3.98. The van der Waals surface area contributed by atoms with E-state index in [9.17, 15) is 0 Å². The molecular weight excluding hydrogens is 342 g/mol. The number of rotatable bonds is 1. The van der Waals surface area contributed by atoms with Crippen LogP contribution in [-0.2, 0) is 0 Å². The summed E-state index contributed by atoms with van der Waals surface area (Å²) in [5, 5.41) is 4.34. The van der Waals surface area contributed by atoms with Gasteiger partial charge in [0.1, 0.15) is 5.01 Å². The first-order valence-corrected chi connectivity index (χ1v) is 9.28. The number of nitrogens with zero attached hydrogens (tertiary/aromatic N) is 1. The second-order valence-electron chi connectivity index (χ2n) is 5.39. The van der Waals surface area contributed by atoms with Crippen LogP contribution in [0.25, 0.3) is 41.0 Å². The maximum Gasteiger partial charge on any atom is 0.124 e. The van der Waals surface area contributed by atoms with E-state index in [2.05, 4.69) is 36.4 Å². The molecule has 0 N–H and O–H groups in total. The third-order valence-corrected chi connectivity index (χ3v) is 6.73. The summed E-state index contributed by atoms with van der Waals surface area (Å²) in [6.07, 6.45) is 0. The number of hydrogen-bond donors (Lipinski definition) is 0. The van der Waals surface area contributed by atoms with E-state index in [1.54, 1.807) is 22.7 Å². The number of fused-ring (bicyclic) bond motifs is 5. The molecule has 5 aromatic rings. The van der Waals surface area contributed by atoms with Crippen molar-refractivity contribution in [1.29, 1.82) is 0 Å². The van der Waals surface area contributed by atoms with Gasteiger partial charge < -0.3 is 0 Å². The van der Waals surface area contributed by atoms with E-state index >= 15 is 0 Å².